The Balaban J connectivity index is 0.00000144. The molecule has 0 saturated carbocycles. The topological polar surface area (TPSA) is 41.6 Å². The molecule has 0 aromatic heterocycles. The van der Waals surface area contributed by atoms with Gasteiger partial charge in [0.15, 0.2) is 0 Å². The number of hydrogen-bond donors (Lipinski definition) is 1. The van der Waals surface area contributed by atoms with Crippen molar-refractivity contribution in [2.75, 3.05) is 20.7 Å². The molecule has 0 aromatic carbocycles. The second-order valence-corrected chi connectivity index (χ2v) is 2.81. The highest BCUT2D eigenvalue weighted by atomic mass is 35.5. The normalized spacial score (nSPS) is 26.7. The number of rotatable bonds is 2. The average molecular weight is 213 g/mol. The maximum absolute atomic E-state index is 12.6. The van der Waals surface area contributed by atoms with E-state index < -0.39 is 12.2 Å². The number of carbonyl (C=O) groups excluding carboxylic acids is 1. The van der Waals surface area contributed by atoms with Gasteiger partial charge in [0.25, 0.3) is 5.91 Å². The average Bonchev–Trinajstić information content (AvgIpc) is 2.49. The van der Waals surface area contributed by atoms with Crippen LogP contribution in [0.25, 0.3) is 0 Å². The maximum Gasteiger partial charge on any atom is 0.263 e. The fraction of sp³-hybridized carbons (Fsp3) is 0.857. The van der Waals surface area contributed by atoms with Crippen molar-refractivity contribution in [1.82, 2.24) is 10.4 Å². The lowest BCUT2D eigenvalue weighted by Crippen LogP contribution is -2.40. The number of nitrogens with zero attached hydrogens (tertiary/aromatic N) is 1. The van der Waals surface area contributed by atoms with Gasteiger partial charge >= 0.3 is 0 Å². The molecule has 1 heterocycles. The summed E-state index contributed by atoms with van der Waals surface area (Å²) in [6.07, 6.45) is -0.670. The molecule has 0 bridgehead atoms. The fourth-order valence-electron chi connectivity index (χ4n) is 1.19. The van der Waals surface area contributed by atoms with Crippen molar-refractivity contribution >= 4 is 18.3 Å². The zero-order valence-electron chi connectivity index (χ0n) is 7.62. The summed E-state index contributed by atoms with van der Waals surface area (Å²) < 4.78 is 12.6. The minimum atomic E-state index is -0.913. The quantitative estimate of drug-likeness (QED) is 0.662. The molecular weight excluding hydrogens is 199 g/mol. The van der Waals surface area contributed by atoms with Crippen LogP contribution in [0.1, 0.15) is 6.42 Å². The summed E-state index contributed by atoms with van der Waals surface area (Å²) in [4.78, 5) is 16.0. The van der Waals surface area contributed by atoms with Crippen molar-refractivity contribution in [3.63, 3.8) is 0 Å². The summed E-state index contributed by atoms with van der Waals surface area (Å²) in [7, 11) is 2.91. The largest absolute Gasteiger partial charge is 0.303 e. The van der Waals surface area contributed by atoms with E-state index in [2.05, 4.69) is 10.2 Å². The highest BCUT2D eigenvalue weighted by Crippen LogP contribution is 2.11. The number of carbonyl (C=O) groups is 1. The van der Waals surface area contributed by atoms with Crippen molar-refractivity contribution in [3.8, 4) is 0 Å². The van der Waals surface area contributed by atoms with Gasteiger partial charge in [-0.3, -0.25) is 9.63 Å². The first-order valence-corrected chi connectivity index (χ1v) is 3.84. The Hall–Kier alpha value is -0.390. The van der Waals surface area contributed by atoms with E-state index in [1.807, 2.05) is 0 Å². The Morgan fingerprint density at radius 1 is 1.69 bits per heavy atom. The molecule has 1 amide bonds. The second-order valence-electron chi connectivity index (χ2n) is 2.81. The van der Waals surface area contributed by atoms with Crippen molar-refractivity contribution in [3.05, 3.63) is 0 Å². The van der Waals surface area contributed by atoms with Gasteiger partial charge in [-0.2, -0.15) is 0 Å². The van der Waals surface area contributed by atoms with E-state index >= 15 is 0 Å². The molecule has 0 spiro atoms. The summed E-state index contributed by atoms with van der Waals surface area (Å²) in [6, 6.07) is -0.426. The van der Waals surface area contributed by atoms with Gasteiger partial charge in [0.1, 0.15) is 6.17 Å². The summed E-state index contributed by atoms with van der Waals surface area (Å²) in [6.45, 7) is 0.258. The molecule has 13 heavy (non-hydrogen) atoms. The Morgan fingerprint density at radius 2 is 2.31 bits per heavy atom. The Morgan fingerprint density at radius 3 is 2.69 bits per heavy atom. The van der Waals surface area contributed by atoms with Crippen LogP contribution in [0.2, 0.25) is 0 Å². The molecule has 1 fully saturated rings. The van der Waals surface area contributed by atoms with Crippen LogP contribution in [0.4, 0.5) is 4.39 Å². The van der Waals surface area contributed by atoms with Gasteiger partial charge in [-0.15, -0.1) is 12.4 Å². The minimum Gasteiger partial charge on any atom is -0.303 e. The lowest BCUT2D eigenvalue weighted by Gasteiger charge is -2.17. The van der Waals surface area contributed by atoms with Crippen molar-refractivity contribution in [2.24, 2.45) is 0 Å². The lowest BCUT2D eigenvalue weighted by molar-refractivity contribution is -0.170. The number of amides is 1. The molecule has 1 aliphatic rings. The molecule has 4 nitrogen and oxygen atoms in total. The maximum atomic E-state index is 12.6. The van der Waals surface area contributed by atoms with Crippen LogP contribution in [0.5, 0.6) is 0 Å². The molecule has 0 unspecified atom stereocenters. The van der Waals surface area contributed by atoms with Crippen LogP contribution >= 0.6 is 12.4 Å². The molecule has 1 saturated heterocycles. The molecule has 1 aliphatic heterocycles. The van der Waals surface area contributed by atoms with Gasteiger partial charge in [-0.25, -0.2) is 9.45 Å². The highest BCUT2D eigenvalue weighted by molar-refractivity contribution is 5.85. The van der Waals surface area contributed by atoms with Crippen molar-refractivity contribution < 1.29 is 14.0 Å². The van der Waals surface area contributed by atoms with Crippen LogP contribution in [0, 0.1) is 0 Å². The van der Waals surface area contributed by atoms with Gasteiger partial charge in [0, 0.05) is 20.0 Å². The van der Waals surface area contributed by atoms with Crippen LogP contribution in [-0.2, 0) is 9.63 Å². The van der Waals surface area contributed by atoms with Crippen molar-refractivity contribution in [2.45, 2.75) is 18.6 Å². The minimum absolute atomic E-state index is 0. The molecule has 0 aliphatic carbocycles. The van der Waals surface area contributed by atoms with Gasteiger partial charge in [-0.1, -0.05) is 0 Å². The fourth-order valence-corrected chi connectivity index (χ4v) is 1.19. The molecule has 6 heteroatoms. The number of hydrogen-bond acceptors (Lipinski definition) is 3. The van der Waals surface area contributed by atoms with E-state index in [1.165, 1.54) is 14.2 Å². The Kier molecular flexibility index (Phi) is 5.20. The number of halogens is 2. The summed E-state index contributed by atoms with van der Waals surface area (Å²) in [5.41, 5.74) is 0. The number of nitrogens with one attached hydrogen (secondary N) is 1. The van der Waals surface area contributed by atoms with Crippen LogP contribution < -0.4 is 5.32 Å². The summed E-state index contributed by atoms with van der Waals surface area (Å²) in [5, 5.41) is 3.88. The first kappa shape index (κ1) is 12.6. The molecule has 1 rings (SSSR count). The van der Waals surface area contributed by atoms with E-state index in [4.69, 9.17) is 0 Å². The summed E-state index contributed by atoms with van der Waals surface area (Å²) in [5.74, 6) is -0.224. The highest BCUT2D eigenvalue weighted by Gasteiger charge is 2.31. The Bertz CT molecular complexity index is 182. The number of alkyl halides is 1. The van der Waals surface area contributed by atoms with E-state index in [1.54, 1.807) is 0 Å². The molecule has 1 N–H and O–H groups in total. The molecule has 0 radical (unpaired) electrons. The van der Waals surface area contributed by atoms with Crippen LogP contribution in [-0.4, -0.2) is 43.9 Å². The van der Waals surface area contributed by atoms with Gasteiger partial charge in [0.05, 0.1) is 13.2 Å². The van der Waals surface area contributed by atoms with E-state index in [-0.39, 0.29) is 31.3 Å². The molecule has 78 valence electrons. The number of hydroxylamine groups is 2. The smallest absolute Gasteiger partial charge is 0.263 e. The van der Waals surface area contributed by atoms with Crippen LogP contribution in [0.15, 0.2) is 0 Å². The van der Waals surface area contributed by atoms with E-state index in [0.717, 1.165) is 5.06 Å². The third-order valence-electron chi connectivity index (χ3n) is 1.96. The third-order valence-corrected chi connectivity index (χ3v) is 1.96. The van der Waals surface area contributed by atoms with E-state index in [9.17, 15) is 9.18 Å². The SMILES string of the molecule is CON(C)C(=O)[C@@H]1C[C@@H](F)CN1.Cl. The first-order chi connectivity index (χ1) is 5.65. The molecule has 2 atom stereocenters. The molecular formula is C7H14ClFN2O2. The lowest BCUT2D eigenvalue weighted by atomic mass is 10.2. The van der Waals surface area contributed by atoms with Gasteiger partial charge in [-0.05, 0) is 0 Å². The Labute approximate surface area is 82.8 Å². The van der Waals surface area contributed by atoms with Gasteiger partial charge < -0.3 is 5.32 Å². The second kappa shape index (κ2) is 5.36. The predicted molar refractivity (Wildman–Crippen MR) is 48.3 cm³/mol. The van der Waals surface area contributed by atoms with E-state index in [0.29, 0.717) is 0 Å². The zero-order valence-corrected chi connectivity index (χ0v) is 8.44. The number of likely N-dealkylation sites (N-methyl/N-ethyl adjacent to an activating group) is 1. The van der Waals surface area contributed by atoms with Crippen molar-refractivity contribution in [1.29, 1.82) is 0 Å². The molecule has 0 aromatic rings. The third kappa shape index (κ3) is 3.10. The monoisotopic (exact) mass is 212 g/mol. The predicted octanol–water partition coefficient (Wildman–Crippen LogP) is 0.128. The van der Waals surface area contributed by atoms with Crippen LogP contribution in [0.3, 0.4) is 0 Å². The standard InChI is InChI=1S/C7H13FN2O2.ClH/c1-10(12-2)7(11)6-3-5(8)4-9-6;/h5-6,9H,3-4H2,1-2H3;1H/t5-,6+;/m1./s1. The zero-order chi connectivity index (χ0) is 9.14. The summed E-state index contributed by atoms with van der Waals surface area (Å²) >= 11 is 0. The first-order valence-electron chi connectivity index (χ1n) is 3.84. The van der Waals surface area contributed by atoms with Gasteiger partial charge in [0.2, 0.25) is 0 Å².